The molecule has 6 heteroatoms. The van der Waals surface area contributed by atoms with Crippen LogP contribution in [0.15, 0.2) is 30.9 Å². The number of rotatable bonds is 1. The lowest BCUT2D eigenvalue weighted by Gasteiger charge is -2.00. The highest BCUT2D eigenvalue weighted by atomic mass is 35.5. The van der Waals surface area contributed by atoms with E-state index in [2.05, 4.69) is 19.9 Å². The SMILES string of the molecule is N#Cc1ccc2c(-c3ncncc3Cl)c[nH]c2n1. The van der Waals surface area contributed by atoms with Gasteiger partial charge in [-0.1, -0.05) is 11.6 Å². The van der Waals surface area contributed by atoms with Gasteiger partial charge in [0.2, 0.25) is 0 Å². The molecule has 0 bridgehead atoms. The predicted octanol–water partition coefficient (Wildman–Crippen LogP) is 2.54. The van der Waals surface area contributed by atoms with Crippen molar-refractivity contribution in [1.29, 1.82) is 5.26 Å². The first-order valence-electron chi connectivity index (χ1n) is 5.13. The van der Waals surface area contributed by atoms with Crippen LogP contribution in [-0.2, 0) is 0 Å². The Morgan fingerprint density at radius 2 is 2.22 bits per heavy atom. The molecule has 0 fully saturated rings. The van der Waals surface area contributed by atoms with Crippen LogP contribution in [-0.4, -0.2) is 19.9 Å². The zero-order valence-corrected chi connectivity index (χ0v) is 9.81. The Bertz CT molecular complexity index is 771. The maximum Gasteiger partial charge on any atom is 0.142 e. The lowest BCUT2D eigenvalue weighted by molar-refractivity contribution is 1.17. The minimum atomic E-state index is 0.365. The Morgan fingerprint density at radius 3 is 3.00 bits per heavy atom. The first-order chi connectivity index (χ1) is 8.79. The predicted molar refractivity (Wildman–Crippen MR) is 66.8 cm³/mol. The van der Waals surface area contributed by atoms with Gasteiger partial charge in [-0.2, -0.15) is 5.26 Å². The molecule has 0 radical (unpaired) electrons. The normalized spacial score (nSPS) is 10.4. The monoisotopic (exact) mass is 255 g/mol. The summed E-state index contributed by atoms with van der Waals surface area (Å²) in [6, 6.07) is 5.48. The van der Waals surface area contributed by atoms with Crippen molar-refractivity contribution in [3.63, 3.8) is 0 Å². The third-order valence-electron chi connectivity index (χ3n) is 2.58. The van der Waals surface area contributed by atoms with Crippen molar-refractivity contribution in [2.45, 2.75) is 0 Å². The topological polar surface area (TPSA) is 78.2 Å². The van der Waals surface area contributed by atoms with Gasteiger partial charge in [0.25, 0.3) is 0 Å². The molecular formula is C12H6ClN5. The second kappa shape index (κ2) is 4.09. The van der Waals surface area contributed by atoms with Gasteiger partial charge in [0.05, 0.1) is 10.7 Å². The van der Waals surface area contributed by atoms with Gasteiger partial charge in [-0.15, -0.1) is 0 Å². The zero-order chi connectivity index (χ0) is 12.5. The molecule has 0 saturated heterocycles. The van der Waals surface area contributed by atoms with E-state index >= 15 is 0 Å². The summed E-state index contributed by atoms with van der Waals surface area (Å²) in [4.78, 5) is 15.2. The Hall–Kier alpha value is -2.45. The lowest BCUT2D eigenvalue weighted by Crippen LogP contribution is -1.86. The zero-order valence-electron chi connectivity index (χ0n) is 9.05. The molecule has 1 N–H and O–H groups in total. The number of nitrogens with zero attached hydrogens (tertiary/aromatic N) is 4. The second-order valence-corrected chi connectivity index (χ2v) is 4.03. The summed E-state index contributed by atoms with van der Waals surface area (Å²) in [5, 5.41) is 10.1. The third-order valence-corrected chi connectivity index (χ3v) is 2.85. The molecule has 3 rings (SSSR count). The van der Waals surface area contributed by atoms with E-state index in [1.165, 1.54) is 6.33 Å². The van der Waals surface area contributed by atoms with Crippen molar-refractivity contribution in [2.24, 2.45) is 0 Å². The Morgan fingerprint density at radius 1 is 1.33 bits per heavy atom. The van der Waals surface area contributed by atoms with Crippen molar-refractivity contribution in [3.05, 3.63) is 41.6 Å². The van der Waals surface area contributed by atoms with E-state index in [-0.39, 0.29) is 0 Å². The van der Waals surface area contributed by atoms with Gasteiger partial charge in [0.15, 0.2) is 0 Å². The smallest absolute Gasteiger partial charge is 0.142 e. The molecule has 0 saturated carbocycles. The Kier molecular flexibility index (Phi) is 2.43. The minimum Gasteiger partial charge on any atom is -0.345 e. The number of H-pyrrole nitrogens is 1. The average Bonchev–Trinajstić information content (AvgIpc) is 2.82. The largest absolute Gasteiger partial charge is 0.345 e. The summed E-state index contributed by atoms with van der Waals surface area (Å²) >= 11 is 6.06. The third kappa shape index (κ3) is 1.60. The van der Waals surface area contributed by atoms with Gasteiger partial charge in [-0.3, -0.25) is 0 Å². The van der Waals surface area contributed by atoms with E-state index in [0.717, 1.165) is 10.9 Å². The summed E-state index contributed by atoms with van der Waals surface area (Å²) in [5.74, 6) is 0. The maximum absolute atomic E-state index is 8.80. The summed E-state index contributed by atoms with van der Waals surface area (Å²) < 4.78 is 0. The van der Waals surface area contributed by atoms with Gasteiger partial charge < -0.3 is 4.98 Å². The molecule has 0 aliphatic carbocycles. The summed E-state index contributed by atoms with van der Waals surface area (Å²) in [5.41, 5.74) is 2.49. The molecule has 0 aliphatic heterocycles. The van der Waals surface area contributed by atoms with E-state index in [1.807, 2.05) is 12.1 Å². The van der Waals surface area contributed by atoms with E-state index < -0.39 is 0 Å². The second-order valence-electron chi connectivity index (χ2n) is 3.63. The molecule has 3 aromatic rings. The van der Waals surface area contributed by atoms with E-state index in [1.54, 1.807) is 18.5 Å². The summed E-state index contributed by atoms with van der Waals surface area (Å²) in [6.07, 6.45) is 4.75. The van der Waals surface area contributed by atoms with Crippen molar-refractivity contribution in [3.8, 4) is 17.3 Å². The van der Waals surface area contributed by atoms with Gasteiger partial charge in [0.1, 0.15) is 23.7 Å². The van der Waals surface area contributed by atoms with Crippen LogP contribution in [0.5, 0.6) is 0 Å². The molecule has 3 heterocycles. The first kappa shape index (κ1) is 10.7. The molecule has 18 heavy (non-hydrogen) atoms. The molecule has 0 aliphatic rings. The quantitative estimate of drug-likeness (QED) is 0.725. The minimum absolute atomic E-state index is 0.365. The number of nitrogens with one attached hydrogen (secondary N) is 1. The van der Waals surface area contributed by atoms with E-state index in [4.69, 9.17) is 16.9 Å². The van der Waals surface area contributed by atoms with Gasteiger partial charge in [0, 0.05) is 23.3 Å². The highest BCUT2D eigenvalue weighted by molar-refractivity contribution is 6.33. The number of aromatic amines is 1. The molecule has 0 atom stereocenters. The molecule has 0 aromatic carbocycles. The molecule has 0 spiro atoms. The number of pyridine rings is 1. The van der Waals surface area contributed by atoms with Crippen molar-refractivity contribution in [2.75, 3.05) is 0 Å². The summed E-state index contributed by atoms with van der Waals surface area (Å²) in [6.45, 7) is 0. The molecule has 3 aromatic heterocycles. The number of nitriles is 1. The maximum atomic E-state index is 8.80. The first-order valence-corrected chi connectivity index (χ1v) is 5.51. The van der Waals surface area contributed by atoms with Gasteiger partial charge in [-0.05, 0) is 12.1 Å². The lowest BCUT2D eigenvalue weighted by atomic mass is 10.1. The van der Waals surface area contributed by atoms with Crippen LogP contribution >= 0.6 is 11.6 Å². The van der Waals surface area contributed by atoms with E-state index in [0.29, 0.717) is 22.1 Å². The summed E-state index contributed by atoms with van der Waals surface area (Å²) in [7, 11) is 0. The standard InChI is InChI=1S/C12H6ClN5/c13-10-5-15-6-17-11(10)9-4-16-12-8(9)2-1-7(3-14)18-12/h1-2,4-6H,(H,16,18). The fourth-order valence-electron chi connectivity index (χ4n) is 1.77. The highest BCUT2D eigenvalue weighted by Gasteiger charge is 2.11. The molecule has 0 amide bonds. The Balaban J connectivity index is 2.26. The van der Waals surface area contributed by atoms with Gasteiger partial charge >= 0.3 is 0 Å². The van der Waals surface area contributed by atoms with Crippen LogP contribution in [0.3, 0.4) is 0 Å². The van der Waals surface area contributed by atoms with Crippen LogP contribution in [0.4, 0.5) is 0 Å². The van der Waals surface area contributed by atoms with Crippen LogP contribution in [0, 0.1) is 11.3 Å². The van der Waals surface area contributed by atoms with Crippen LogP contribution < -0.4 is 0 Å². The van der Waals surface area contributed by atoms with E-state index in [9.17, 15) is 0 Å². The van der Waals surface area contributed by atoms with Gasteiger partial charge in [-0.25, -0.2) is 15.0 Å². The molecule has 86 valence electrons. The van der Waals surface area contributed by atoms with Crippen molar-refractivity contribution in [1.82, 2.24) is 19.9 Å². The molecule has 0 unspecified atom stereocenters. The fraction of sp³-hybridized carbons (Fsp3) is 0. The number of fused-ring (bicyclic) bond motifs is 1. The fourth-order valence-corrected chi connectivity index (χ4v) is 1.98. The average molecular weight is 256 g/mol. The Labute approximate surface area is 107 Å². The highest BCUT2D eigenvalue weighted by Crippen LogP contribution is 2.30. The van der Waals surface area contributed by atoms with Crippen molar-refractivity contribution < 1.29 is 0 Å². The number of aromatic nitrogens is 4. The number of halogens is 1. The number of hydrogen-bond acceptors (Lipinski definition) is 4. The molecule has 5 nitrogen and oxygen atoms in total. The van der Waals surface area contributed by atoms with Crippen molar-refractivity contribution >= 4 is 22.6 Å². The number of hydrogen-bond donors (Lipinski definition) is 1. The van der Waals surface area contributed by atoms with Crippen LogP contribution in [0.1, 0.15) is 5.69 Å². The van der Waals surface area contributed by atoms with Crippen LogP contribution in [0.2, 0.25) is 5.02 Å². The van der Waals surface area contributed by atoms with Crippen LogP contribution in [0.25, 0.3) is 22.3 Å². The molecular weight excluding hydrogens is 250 g/mol.